The van der Waals surface area contributed by atoms with Gasteiger partial charge in [-0.05, 0) is 31.6 Å². The Hall–Kier alpha value is -0.320. The highest BCUT2D eigenvalue weighted by Crippen LogP contribution is 2.23. The maximum Gasteiger partial charge on any atom is 0.0834 e. The molecule has 0 amide bonds. The highest BCUT2D eigenvalue weighted by Gasteiger charge is 2.21. The van der Waals surface area contributed by atoms with E-state index in [0.717, 1.165) is 32.5 Å². The zero-order valence-corrected chi connectivity index (χ0v) is 37.6. The third-order valence-corrected chi connectivity index (χ3v) is 11.1. The van der Waals surface area contributed by atoms with Gasteiger partial charge >= 0.3 is 0 Å². The summed E-state index contributed by atoms with van der Waals surface area (Å²) in [5, 5.41) is 19.0. The summed E-state index contributed by atoms with van der Waals surface area (Å²) in [5.74, 6) is 0.347. The molecule has 0 aliphatic heterocycles. The molecule has 0 spiro atoms. The predicted molar refractivity (Wildman–Crippen MR) is 236 cm³/mol. The highest BCUT2D eigenvalue weighted by atomic mass is 16.6. The first-order valence-electron chi connectivity index (χ1n) is 24.5. The number of aliphatic hydroxyl groups excluding tert-OH is 2. The monoisotopic (exact) mass is 803 g/mol. The minimum absolute atomic E-state index is 0.0317. The molecule has 0 heterocycles. The molecule has 0 aromatic carbocycles. The van der Waals surface area contributed by atoms with E-state index in [1.807, 2.05) is 0 Å². The fourth-order valence-corrected chi connectivity index (χ4v) is 7.49. The number of aliphatic hydroxyl groups is 2. The van der Waals surface area contributed by atoms with Gasteiger partial charge in [-0.3, -0.25) is 0 Å². The second kappa shape index (κ2) is 50.8. The van der Waals surface area contributed by atoms with Crippen LogP contribution in [0.25, 0.3) is 0 Å². The van der Waals surface area contributed by atoms with E-state index < -0.39 is 0 Å². The van der Waals surface area contributed by atoms with Crippen molar-refractivity contribution in [2.75, 3.05) is 85.9 Å². The Labute approximate surface area is 348 Å². The Morgan fingerprint density at radius 1 is 0.304 bits per heavy atom. The molecular weight excluding hydrogens is 705 g/mol. The molecule has 0 radical (unpaired) electrons. The Morgan fingerprint density at radius 3 is 1.00 bits per heavy atom. The first kappa shape index (κ1) is 55.7. The topological polar surface area (TPSA) is 95.8 Å². The first-order valence-corrected chi connectivity index (χ1v) is 24.5. The molecule has 0 rings (SSSR count). The lowest BCUT2D eigenvalue weighted by atomic mass is 9.90. The Balaban J connectivity index is 4.12. The van der Waals surface area contributed by atoms with Crippen molar-refractivity contribution in [1.29, 1.82) is 0 Å². The van der Waals surface area contributed by atoms with Gasteiger partial charge in [-0.15, -0.1) is 0 Å². The van der Waals surface area contributed by atoms with Crippen LogP contribution < -0.4 is 0 Å². The molecule has 0 fully saturated rings. The summed E-state index contributed by atoms with van der Waals surface area (Å²) in [5.41, 5.74) is 0. The van der Waals surface area contributed by atoms with Crippen molar-refractivity contribution in [2.24, 2.45) is 5.92 Å². The van der Waals surface area contributed by atoms with Gasteiger partial charge in [0.1, 0.15) is 0 Å². The van der Waals surface area contributed by atoms with Crippen LogP contribution in [0.15, 0.2) is 0 Å². The van der Waals surface area contributed by atoms with Gasteiger partial charge in [0.25, 0.3) is 0 Å². The Morgan fingerprint density at radius 2 is 0.607 bits per heavy atom. The molecule has 0 aromatic rings. The van der Waals surface area contributed by atoms with Gasteiger partial charge in [0, 0.05) is 13.2 Å². The molecule has 338 valence electrons. The molecule has 0 saturated carbocycles. The normalized spacial score (nSPS) is 12.9. The zero-order chi connectivity index (χ0) is 40.5. The molecule has 56 heavy (non-hydrogen) atoms. The van der Waals surface area contributed by atoms with Gasteiger partial charge in [0.15, 0.2) is 0 Å². The Bertz CT molecular complexity index is 684. The van der Waals surface area contributed by atoms with E-state index in [1.54, 1.807) is 0 Å². The van der Waals surface area contributed by atoms with Crippen molar-refractivity contribution < 1.29 is 38.6 Å². The average Bonchev–Trinajstić information content (AvgIpc) is 3.21. The van der Waals surface area contributed by atoms with Crippen LogP contribution in [0.5, 0.6) is 0 Å². The third-order valence-electron chi connectivity index (χ3n) is 11.1. The van der Waals surface area contributed by atoms with Crippen LogP contribution in [0.4, 0.5) is 0 Å². The van der Waals surface area contributed by atoms with Crippen LogP contribution >= 0.6 is 0 Å². The minimum Gasteiger partial charge on any atom is -0.394 e. The van der Waals surface area contributed by atoms with E-state index in [0.29, 0.717) is 65.4 Å². The fraction of sp³-hybridized carbons (Fsp3) is 1.00. The number of unbranched alkanes of at least 4 members (excludes halogenated alkanes) is 26. The second-order valence-electron chi connectivity index (χ2n) is 16.3. The molecule has 2 N–H and O–H groups in total. The predicted octanol–water partition coefficient (Wildman–Crippen LogP) is 12.2. The summed E-state index contributed by atoms with van der Waals surface area (Å²) in [4.78, 5) is 0. The minimum atomic E-state index is -0.151. The maximum absolute atomic E-state index is 10.3. The lowest BCUT2D eigenvalue weighted by Gasteiger charge is -2.26. The van der Waals surface area contributed by atoms with Crippen LogP contribution in [0.1, 0.15) is 213 Å². The number of ether oxygens (including phenoxy) is 6. The summed E-state index contributed by atoms with van der Waals surface area (Å²) in [6.45, 7) is 10.7. The van der Waals surface area contributed by atoms with E-state index in [1.165, 1.54) is 180 Å². The molecule has 2 atom stereocenters. The average molecular weight is 803 g/mol. The molecule has 2 unspecified atom stereocenters. The lowest BCUT2D eigenvalue weighted by Crippen LogP contribution is -2.30. The first-order chi connectivity index (χ1) is 27.8. The molecule has 8 heteroatoms. The number of hydrogen-bond acceptors (Lipinski definition) is 8. The molecule has 0 aromatic heterocycles. The van der Waals surface area contributed by atoms with Crippen molar-refractivity contribution in [1.82, 2.24) is 0 Å². The van der Waals surface area contributed by atoms with Crippen LogP contribution in [0.2, 0.25) is 0 Å². The zero-order valence-electron chi connectivity index (χ0n) is 37.6. The van der Waals surface area contributed by atoms with Crippen LogP contribution in [-0.2, 0) is 28.4 Å². The molecule has 0 bridgehead atoms. The summed E-state index contributed by atoms with van der Waals surface area (Å²) < 4.78 is 34.1. The summed E-state index contributed by atoms with van der Waals surface area (Å²) in [6.07, 6.45) is 41.5. The van der Waals surface area contributed by atoms with Crippen molar-refractivity contribution in [3.05, 3.63) is 0 Å². The summed E-state index contributed by atoms with van der Waals surface area (Å²) >= 11 is 0. The van der Waals surface area contributed by atoms with E-state index >= 15 is 0 Å². The molecular formula is C48H98O8. The van der Waals surface area contributed by atoms with Crippen molar-refractivity contribution >= 4 is 0 Å². The van der Waals surface area contributed by atoms with Crippen molar-refractivity contribution in [3.63, 3.8) is 0 Å². The second-order valence-corrected chi connectivity index (χ2v) is 16.3. The van der Waals surface area contributed by atoms with Crippen LogP contribution in [0.3, 0.4) is 0 Å². The van der Waals surface area contributed by atoms with E-state index in [2.05, 4.69) is 13.8 Å². The van der Waals surface area contributed by atoms with E-state index in [4.69, 9.17) is 33.5 Å². The van der Waals surface area contributed by atoms with Gasteiger partial charge < -0.3 is 38.6 Å². The Kier molecular flexibility index (Phi) is 50.5. The van der Waals surface area contributed by atoms with Crippen LogP contribution in [0, 0.1) is 5.92 Å². The lowest BCUT2D eigenvalue weighted by molar-refractivity contribution is -0.0581. The van der Waals surface area contributed by atoms with Crippen molar-refractivity contribution in [3.8, 4) is 0 Å². The van der Waals surface area contributed by atoms with Gasteiger partial charge in [0.2, 0.25) is 0 Å². The summed E-state index contributed by atoms with van der Waals surface area (Å²) in [7, 11) is 0. The van der Waals surface area contributed by atoms with E-state index in [9.17, 15) is 5.11 Å². The van der Waals surface area contributed by atoms with Gasteiger partial charge in [-0.1, -0.05) is 187 Å². The molecule has 0 aliphatic carbocycles. The highest BCUT2D eigenvalue weighted by molar-refractivity contribution is 4.71. The van der Waals surface area contributed by atoms with Gasteiger partial charge in [-0.25, -0.2) is 0 Å². The fourth-order valence-electron chi connectivity index (χ4n) is 7.49. The number of hydrogen-bond donors (Lipinski definition) is 2. The summed E-state index contributed by atoms with van der Waals surface area (Å²) in [6, 6.07) is 0. The SMILES string of the molecule is CCCCCCCCCCCCCCCCCCOCCCC(CCCCCCCCCCCCCC)C(CO)OCCOCCOCCOCCOCCO. The van der Waals surface area contributed by atoms with Crippen molar-refractivity contribution in [2.45, 2.75) is 219 Å². The smallest absolute Gasteiger partial charge is 0.0834 e. The third kappa shape index (κ3) is 44.8. The van der Waals surface area contributed by atoms with Crippen LogP contribution in [-0.4, -0.2) is 102 Å². The van der Waals surface area contributed by atoms with Gasteiger partial charge in [0.05, 0.1) is 78.8 Å². The van der Waals surface area contributed by atoms with E-state index in [-0.39, 0.29) is 19.3 Å². The molecule has 0 saturated heterocycles. The molecule has 0 aliphatic rings. The molecule has 8 nitrogen and oxygen atoms in total. The van der Waals surface area contributed by atoms with Gasteiger partial charge in [-0.2, -0.15) is 0 Å². The number of rotatable bonds is 51. The quantitative estimate of drug-likeness (QED) is 0.0587. The largest absolute Gasteiger partial charge is 0.394 e. The standard InChI is InChI=1S/C48H98O8/c1-3-5-7-9-11-13-15-17-18-19-20-22-24-26-28-30-35-51-36-31-33-47(32-29-27-25-23-21-16-14-12-10-8-6-4-2)48(46-50)56-45-44-55-43-42-54-41-40-53-39-38-52-37-34-49/h47-50H,3-46H2,1-2H3. The maximum atomic E-state index is 10.3.